The second kappa shape index (κ2) is 6.26. The van der Waals surface area contributed by atoms with Gasteiger partial charge in [-0.15, -0.1) is 0 Å². The molecule has 0 atom stereocenters. The molecule has 3 aromatic rings. The lowest BCUT2D eigenvalue weighted by Gasteiger charge is -2.04. The predicted molar refractivity (Wildman–Crippen MR) is 85.1 cm³/mol. The minimum absolute atomic E-state index is 0.597. The Morgan fingerprint density at radius 2 is 1.82 bits per heavy atom. The number of hydrogen-bond donors (Lipinski definition) is 0. The number of carbonyl (C=O) groups excluding carboxylic acids is 1. The van der Waals surface area contributed by atoms with Crippen LogP contribution in [0.4, 0.5) is 0 Å². The molecular weight excluding hydrogens is 276 g/mol. The van der Waals surface area contributed by atoms with Gasteiger partial charge in [0.25, 0.3) is 0 Å². The lowest BCUT2D eigenvalue weighted by atomic mass is 10.1. The van der Waals surface area contributed by atoms with E-state index in [4.69, 9.17) is 4.74 Å². The minimum atomic E-state index is 0.597. The number of ether oxygens (including phenoxy) is 1. The van der Waals surface area contributed by atoms with Crippen molar-refractivity contribution in [2.45, 2.75) is 6.54 Å². The van der Waals surface area contributed by atoms with Crippen molar-refractivity contribution in [3.8, 4) is 17.0 Å². The van der Waals surface area contributed by atoms with Crippen LogP contribution in [-0.2, 0) is 6.54 Å². The molecular formula is C18H16N2O2. The quantitative estimate of drug-likeness (QED) is 0.677. The normalized spacial score (nSPS) is 10.4. The average Bonchev–Trinajstić information content (AvgIpc) is 2.99. The van der Waals surface area contributed by atoms with Crippen molar-refractivity contribution in [2.75, 3.05) is 7.11 Å². The lowest BCUT2D eigenvalue weighted by Crippen LogP contribution is -2.00. The fourth-order valence-corrected chi connectivity index (χ4v) is 2.34. The second-order valence-corrected chi connectivity index (χ2v) is 4.96. The molecule has 0 bridgehead atoms. The highest BCUT2D eigenvalue weighted by molar-refractivity contribution is 5.85. The molecule has 0 aliphatic heterocycles. The van der Waals surface area contributed by atoms with Crippen molar-refractivity contribution in [1.29, 1.82) is 0 Å². The summed E-state index contributed by atoms with van der Waals surface area (Å²) < 4.78 is 6.93. The summed E-state index contributed by atoms with van der Waals surface area (Å²) in [5, 5.41) is 4.54. The third kappa shape index (κ3) is 2.91. The molecule has 4 nitrogen and oxygen atoms in total. The van der Waals surface area contributed by atoms with Crippen LogP contribution in [0.1, 0.15) is 15.9 Å². The topological polar surface area (TPSA) is 44.1 Å². The van der Waals surface area contributed by atoms with E-state index in [-0.39, 0.29) is 0 Å². The minimum Gasteiger partial charge on any atom is -0.497 e. The summed E-state index contributed by atoms with van der Waals surface area (Å²) in [5.74, 6) is 0.822. The van der Waals surface area contributed by atoms with E-state index in [1.54, 1.807) is 18.0 Å². The molecule has 0 fully saturated rings. The van der Waals surface area contributed by atoms with Gasteiger partial charge in [-0.25, -0.2) is 0 Å². The van der Waals surface area contributed by atoms with Gasteiger partial charge in [0.2, 0.25) is 0 Å². The predicted octanol–water partition coefficient (Wildman–Crippen LogP) is 3.42. The Hall–Kier alpha value is -2.88. The molecule has 3 rings (SSSR count). The fourth-order valence-electron chi connectivity index (χ4n) is 2.34. The van der Waals surface area contributed by atoms with Gasteiger partial charge in [0.05, 0.1) is 19.2 Å². The number of nitrogens with zero attached hydrogens (tertiary/aromatic N) is 2. The highest BCUT2D eigenvalue weighted by Crippen LogP contribution is 2.21. The van der Waals surface area contributed by atoms with Gasteiger partial charge < -0.3 is 4.74 Å². The zero-order valence-corrected chi connectivity index (χ0v) is 12.3. The maximum Gasteiger partial charge on any atom is 0.153 e. The van der Waals surface area contributed by atoms with Crippen LogP contribution in [0.3, 0.4) is 0 Å². The van der Waals surface area contributed by atoms with Crippen LogP contribution in [-0.4, -0.2) is 23.2 Å². The molecule has 2 aromatic carbocycles. The van der Waals surface area contributed by atoms with E-state index in [1.165, 1.54) is 0 Å². The van der Waals surface area contributed by atoms with Crippen LogP contribution in [0.25, 0.3) is 11.3 Å². The van der Waals surface area contributed by atoms with E-state index in [2.05, 4.69) is 5.10 Å². The molecule has 0 aliphatic rings. The molecule has 1 heterocycles. The Morgan fingerprint density at radius 3 is 2.45 bits per heavy atom. The second-order valence-electron chi connectivity index (χ2n) is 4.96. The van der Waals surface area contributed by atoms with E-state index in [0.29, 0.717) is 17.8 Å². The summed E-state index contributed by atoms with van der Waals surface area (Å²) in [6.45, 7) is 0.609. The Morgan fingerprint density at radius 1 is 1.09 bits per heavy atom. The molecule has 1 aromatic heterocycles. The number of methoxy groups -OCH3 is 1. The summed E-state index contributed by atoms with van der Waals surface area (Å²) in [6, 6.07) is 17.5. The van der Waals surface area contributed by atoms with Crippen LogP contribution >= 0.6 is 0 Å². The number of carbonyl (C=O) groups is 1. The maximum absolute atomic E-state index is 11.3. The Kier molecular flexibility index (Phi) is 4.01. The summed E-state index contributed by atoms with van der Waals surface area (Å²) in [6.07, 6.45) is 2.62. The van der Waals surface area contributed by atoms with Crippen molar-refractivity contribution in [1.82, 2.24) is 9.78 Å². The monoisotopic (exact) mass is 292 g/mol. The van der Waals surface area contributed by atoms with Gasteiger partial charge in [-0.1, -0.05) is 42.5 Å². The van der Waals surface area contributed by atoms with Gasteiger partial charge >= 0.3 is 0 Å². The van der Waals surface area contributed by atoms with Crippen LogP contribution < -0.4 is 4.74 Å². The highest BCUT2D eigenvalue weighted by Gasteiger charge is 2.10. The van der Waals surface area contributed by atoms with Gasteiger partial charge in [0, 0.05) is 11.8 Å². The molecule has 0 spiro atoms. The van der Waals surface area contributed by atoms with E-state index >= 15 is 0 Å². The van der Waals surface area contributed by atoms with Gasteiger partial charge in [0.1, 0.15) is 11.4 Å². The first-order valence-corrected chi connectivity index (χ1v) is 7.01. The standard InChI is InChI=1S/C18H16N2O2/c1-22-17-9-7-14(8-10-17)11-20-12-16(13-21)18(19-20)15-5-3-2-4-6-15/h2-10,12-13H,11H2,1H3. The average molecular weight is 292 g/mol. The van der Waals surface area contributed by atoms with Crippen molar-refractivity contribution in [3.05, 3.63) is 71.9 Å². The molecule has 0 amide bonds. The van der Waals surface area contributed by atoms with Crippen molar-refractivity contribution >= 4 is 6.29 Å². The van der Waals surface area contributed by atoms with Crippen molar-refractivity contribution in [3.63, 3.8) is 0 Å². The van der Waals surface area contributed by atoms with E-state index in [1.807, 2.05) is 54.6 Å². The summed E-state index contributed by atoms with van der Waals surface area (Å²) in [7, 11) is 1.64. The third-order valence-corrected chi connectivity index (χ3v) is 3.47. The molecule has 0 unspecified atom stereocenters. The lowest BCUT2D eigenvalue weighted by molar-refractivity contribution is 0.112. The third-order valence-electron chi connectivity index (χ3n) is 3.47. The number of benzene rings is 2. The Balaban J connectivity index is 1.88. The Bertz CT molecular complexity index is 762. The van der Waals surface area contributed by atoms with Crippen LogP contribution in [0, 0.1) is 0 Å². The number of rotatable bonds is 5. The molecule has 0 aliphatic carbocycles. The van der Waals surface area contributed by atoms with Crippen LogP contribution in [0.15, 0.2) is 60.8 Å². The smallest absolute Gasteiger partial charge is 0.153 e. The van der Waals surface area contributed by atoms with E-state index < -0.39 is 0 Å². The Labute approximate surface area is 129 Å². The largest absolute Gasteiger partial charge is 0.497 e. The van der Waals surface area contributed by atoms with Gasteiger partial charge in [-0.3, -0.25) is 9.48 Å². The highest BCUT2D eigenvalue weighted by atomic mass is 16.5. The molecule has 0 radical (unpaired) electrons. The number of aromatic nitrogens is 2. The van der Waals surface area contributed by atoms with Crippen molar-refractivity contribution < 1.29 is 9.53 Å². The van der Waals surface area contributed by atoms with Gasteiger partial charge in [-0.2, -0.15) is 5.10 Å². The van der Waals surface area contributed by atoms with Crippen LogP contribution in [0.2, 0.25) is 0 Å². The number of hydrogen-bond acceptors (Lipinski definition) is 3. The first kappa shape index (κ1) is 14.1. The molecule has 0 saturated carbocycles. The van der Waals surface area contributed by atoms with Crippen LogP contribution in [0.5, 0.6) is 5.75 Å². The van der Waals surface area contributed by atoms with E-state index in [9.17, 15) is 4.79 Å². The number of aldehydes is 1. The molecule has 110 valence electrons. The SMILES string of the molecule is COc1ccc(Cn2cc(C=O)c(-c3ccccc3)n2)cc1. The first-order chi connectivity index (χ1) is 10.8. The zero-order chi connectivity index (χ0) is 15.4. The summed E-state index contributed by atoms with van der Waals surface area (Å²) >= 11 is 0. The van der Waals surface area contributed by atoms with E-state index in [0.717, 1.165) is 23.2 Å². The van der Waals surface area contributed by atoms with Crippen molar-refractivity contribution in [2.24, 2.45) is 0 Å². The molecule has 22 heavy (non-hydrogen) atoms. The van der Waals surface area contributed by atoms with Gasteiger partial charge in [-0.05, 0) is 17.7 Å². The first-order valence-electron chi connectivity index (χ1n) is 7.01. The van der Waals surface area contributed by atoms with Gasteiger partial charge in [0.15, 0.2) is 6.29 Å². The summed E-state index contributed by atoms with van der Waals surface area (Å²) in [5.41, 5.74) is 3.35. The zero-order valence-electron chi connectivity index (χ0n) is 12.3. The molecule has 4 heteroatoms. The molecule has 0 N–H and O–H groups in total. The molecule has 0 saturated heterocycles. The maximum atomic E-state index is 11.3. The fraction of sp³-hybridized carbons (Fsp3) is 0.111. The summed E-state index contributed by atoms with van der Waals surface area (Å²) in [4.78, 5) is 11.3.